The average Bonchev–Trinajstić information content (AvgIpc) is 2.50. The van der Waals surface area contributed by atoms with Gasteiger partial charge in [-0.15, -0.1) is 0 Å². The number of rotatable bonds is 3. The van der Waals surface area contributed by atoms with E-state index in [0.717, 1.165) is 25.3 Å². The van der Waals surface area contributed by atoms with Gasteiger partial charge in [-0.25, -0.2) is 4.98 Å². The summed E-state index contributed by atoms with van der Waals surface area (Å²) < 4.78 is 0. The lowest BCUT2D eigenvalue weighted by atomic mass is 9.85. The Labute approximate surface area is 117 Å². The highest BCUT2D eigenvalue weighted by atomic mass is 15.2. The molecule has 1 atom stereocenters. The van der Waals surface area contributed by atoms with Crippen molar-refractivity contribution in [2.24, 2.45) is 11.1 Å². The van der Waals surface area contributed by atoms with E-state index in [2.05, 4.69) is 36.7 Å². The van der Waals surface area contributed by atoms with E-state index in [-0.39, 0.29) is 6.04 Å². The fraction of sp³-hybridized carbons (Fsp3) is 0.688. The summed E-state index contributed by atoms with van der Waals surface area (Å²) in [5.74, 6) is 1.15. The first-order chi connectivity index (χ1) is 8.98. The van der Waals surface area contributed by atoms with Crippen molar-refractivity contribution in [3.05, 3.63) is 23.9 Å². The molecule has 0 spiro atoms. The summed E-state index contributed by atoms with van der Waals surface area (Å²) in [6.07, 6.45) is 6.60. The van der Waals surface area contributed by atoms with E-state index < -0.39 is 0 Å². The van der Waals surface area contributed by atoms with Crippen molar-refractivity contribution in [1.29, 1.82) is 0 Å². The highest BCUT2D eigenvalue weighted by Gasteiger charge is 2.24. The van der Waals surface area contributed by atoms with Crippen LogP contribution >= 0.6 is 0 Å². The van der Waals surface area contributed by atoms with Crippen LogP contribution in [0.25, 0.3) is 0 Å². The summed E-state index contributed by atoms with van der Waals surface area (Å²) in [7, 11) is 0. The molecule has 2 rings (SSSR count). The fourth-order valence-corrected chi connectivity index (χ4v) is 2.86. The monoisotopic (exact) mass is 261 g/mol. The maximum atomic E-state index is 5.95. The molecule has 2 N–H and O–H groups in total. The molecule has 0 bridgehead atoms. The molecule has 1 unspecified atom stereocenters. The van der Waals surface area contributed by atoms with Crippen LogP contribution in [0, 0.1) is 5.41 Å². The van der Waals surface area contributed by atoms with Gasteiger partial charge in [0.1, 0.15) is 5.82 Å². The molecule has 0 radical (unpaired) electrons. The molecule has 3 heteroatoms. The van der Waals surface area contributed by atoms with Gasteiger partial charge in [0.2, 0.25) is 0 Å². The second kappa shape index (κ2) is 5.91. The minimum atomic E-state index is 0.186. The van der Waals surface area contributed by atoms with Crippen LogP contribution in [0.15, 0.2) is 18.3 Å². The number of nitrogens with two attached hydrogens (primary N) is 1. The van der Waals surface area contributed by atoms with E-state index in [9.17, 15) is 0 Å². The SMILES string of the molecule is CC(N)Cc1cccnc1N1CCCC(C)(C)CC1. The number of hydrogen-bond acceptors (Lipinski definition) is 3. The molecule has 2 heterocycles. The number of nitrogens with zero attached hydrogens (tertiary/aromatic N) is 2. The van der Waals surface area contributed by atoms with Gasteiger partial charge in [-0.3, -0.25) is 0 Å². The lowest BCUT2D eigenvalue weighted by molar-refractivity contribution is 0.325. The molecule has 0 amide bonds. The zero-order valence-corrected chi connectivity index (χ0v) is 12.5. The first-order valence-electron chi connectivity index (χ1n) is 7.42. The predicted octanol–water partition coefficient (Wildman–Crippen LogP) is 2.99. The van der Waals surface area contributed by atoms with Crippen LogP contribution in [-0.4, -0.2) is 24.1 Å². The van der Waals surface area contributed by atoms with Gasteiger partial charge >= 0.3 is 0 Å². The molecule has 106 valence electrons. The number of pyridine rings is 1. The lowest BCUT2D eigenvalue weighted by Gasteiger charge is -2.26. The molecule has 0 aromatic carbocycles. The number of aromatic nitrogens is 1. The Balaban J connectivity index is 2.17. The zero-order valence-electron chi connectivity index (χ0n) is 12.5. The van der Waals surface area contributed by atoms with Crippen LogP contribution in [0.5, 0.6) is 0 Å². The Morgan fingerprint density at radius 1 is 1.37 bits per heavy atom. The molecule has 1 aromatic rings. The van der Waals surface area contributed by atoms with Gasteiger partial charge in [0, 0.05) is 25.3 Å². The van der Waals surface area contributed by atoms with Crippen LogP contribution in [0.4, 0.5) is 5.82 Å². The van der Waals surface area contributed by atoms with Crippen molar-refractivity contribution in [3.8, 4) is 0 Å². The second-order valence-electron chi connectivity index (χ2n) is 6.67. The second-order valence-corrected chi connectivity index (χ2v) is 6.67. The Morgan fingerprint density at radius 3 is 2.89 bits per heavy atom. The van der Waals surface area contributed by atoms with E-state index in [1.807, 2.05) is 12.3 Å². The molecule has 1 aliphatic rings. The lowest BCUT2D eigenvalue weighted by Crippen LogP contribution is -2.28. The Kier molecular flexibility index (Phi) is 4.46. The van der Waals surface area contributed by atoms with Crippen molar-refractivity contribution in [2.45, 2.75) is 52.5 Å². The molecule has 3 nitrogen and oxygen atoms in total. The van der Waals surface area contributed by atoms with E-state index >= 15 is 0 Å². The highest BCUT2D eigenvalue weighted by Crippen LogP contribution is 2.32. The smallest absolute Gasteiger partial charge is 0.131 e. The van der Waals surface area contributed by atoms with Crippen LogP contribution in [0.2, 0.25) is 0 Å². The Hall–Kier alpha value is -1.09. The van der Waals surface area contributed by atoms with Crippen molar-refractivity contribution in [2.75, 3.05) is 18.0 Å². The standard InChI is InChI=1S/C16H27N3/c1-13(17)12-14-6-4-9-18-15(14)19-10-5-7-16(2,3)8-11-19/h4,6,9,13H,5,7-8,10-12,17H2,1-3H3. The highest BCUT2D eigenvalue weighted by molar-refractivity contribution is 5.47. The van der Waals surface area contributed by atoms with Crippen LogP contribution in [0.3, 0.4) is 0 Å². The van der Waals surface area contributed by atoms with Crippen LogP contribution in [0.1, 0.15) is 45.6 Å². The first kappa shape index (κ1) is 14.3. The maximum Gasteiger partial charge on any atom is 0.131 e. The molecule has 1 saturated heterocycles. The van der Waals surface area contributed by atoms with Gasteiger partial charge in [0.05, 0.1) is 0 Å². The molecule has 1 aromatic heterocycles. The fourth-order valence-electron chi connectivity index (χ4n) is 2.86. The third kappa shape index (κ3) is 3.93. The summed E-state index contributed by atoms with van der Waals surface area (Å²) in [6.45, 7) is 9.03. The van der Waals surface area contributed by atoms with Crippen molar-refractivity contribution < 1.29 is 0 Å². The molecule has 1 aliphatic heterocycles. The third-order valence-corrected chi connectivity index (χ3v) is 4.05. The third-order valence-electron chi connectivity index (χ3n) is 4.05. The topological polar surface area (TPSA) is 42.1 Å². The first-order valence-corrected chi connectivity index (χ1v) is 7.42. The van der Waals surface area contributed by atoms with E-state index in [1.165, 1.54) is 24.8 Å². The molecule has 19 heavy (non-hydrogen) atoms. The summed E-state index contributed by atoms with van der Waals surface area (Å²) >= 11 is 0. The molecule has 0 saturated carbocycles. The van der Waals surface area contributed by atoms with Gasteiger partial charge in [-0.1, -0.05) is 19.9 Å². The number of anilines is 1. The normalized spacial score (nSPS) is 20.9. The summed E-state index contributed by atoms with van der Waals surface area (Å²) in [5.41, 5.74) is 7.70. The largest absolute Gasteiger partial charge is 0.356 e. The summed E-state index contributed by atoms with van der Waals surface area (Å²) in [4.78, 5) is 7.07. The minimum absolute atomic E-state index is 0.186. The van der Waals surface area contributed by atoms with Crippen molar-refractivity contribution >= 4 is 5.82 Å². The van der Waals surface area contributed by atoms with Crippen LogP contribution in [-0.2, 0) is 6.42 Å². The Morgan fingerprint density at radius 2 is 2.16 bits per heavy atom. The molecule has 1 fully saturated rings. The predicted molar refractivity (Wildman–Crippen MR) is 81.4 cm³/mol. The van der Waals surface area contributed by atoms with E-state index in [1.54, 1.807) is 0 Å². The quantitative estimate of drug-likeness (QED) is 0.909. The van der Waals surface area contributed by atoms with Crippen molar-refractivity contribution in [1.82, 2.24) is 4.98 Å². The zero-order chi connectivity index (χ0) is 13.9. The summed E-state index contributed by atoms with van der Waals surface area (Å²) in [5, 5.41) is 0. The minimum Gasteiger partial charge on any atom is -0.356 e. The average molecular weight is 261 g/mol. The molecular weight excluding hydrogens is 234 g/mol. The van der Waals surface area contributed by atoms with Crippen LogP contribution < -0.4 is 10.6 Å². The van der Waals surface area contributed by atoms with Gasteiger partial charge in [0.25, 0.3) is 0 Å². The van der Waals surface area contributed by atoms with E-state index in [4.69, 9.17) is 5.73 Å². The summed E-state index contributed by atoms with van der Waals surface area (Å²) in [6, 6.07) is 4.37. The van der Waals surface area contributed by atoms with Gasteiger partial charge in [-0.05, 0) is 49.7 Å². The number of hydrogen-bond donors (Lipinski definition) is 1. The van der Waals surface area contributed by atoms with E-state index in [0.29, 0.717) is 5.41 Å². The molecule has 0 aliphatic carbocycles. The van der Waals surface area contributed by atoms with Gasteiger partial charge in [-0.2, -0.15) is 0 Å². The van der Waals surface area contributed by atoms with Gasteiger partial charge < -0.3 is 10.6 Å². The maximum absolute atomic E-state index is 5.95. The van der Waals surface area contributed by atoms with Crippen molar-refractivity contribution in [3.63, 3.8) is 0 Å². The van der Waals surface area contributed by atoms with Gasteiger partial charge in [0.15, 0.2) is 0 Å². The molecular formula is C16H27N3. The Bertz CT molecular complexity index is 412.